The third-order valence-corrected chi connectivity index (χ3v) is 10.1. The summed E-state index contributed by atoms with van der Waals surface area (Å²) in [4.78, 5) is 59.5. The summed E-state index contributed by atoms with van der Waals surface area (Å²) in [6.45, 7) is 3.35. The SMILES string of the molecule is CC[C@H](C)[C@H](NC(=O)c1ccc(F)cc1)C(=O)N1c2cc3c(cc2[C@H](N(Cc2cccc(F)c2)C(=O)C2CC2)[C@H]1COC(=O)c1ccccc1)OCO3. The maximum atomic E-state index is 15.1. The van der Waals surface area contributed by atoms with E-state index >= 15 is 4.79 Å². The van der Waals surface area contributed by atoms with Gasteiger partial charge in [-0.05, 0) is 78.9 Å². The van der Waals surface area contributed by atoms with Crippen molar-refractivity contribution in [3.63, 3.8) is 0 Å². The molecule has 0 aromatic heterocycles. The minimum Gasteiger partial charge on any atom is -0.460 e. The highest BCUT2D eigenvalue weighted by Gasteiger charge is 2.51. The van der Waals surface area contributed by atoms with Crippen LogP contribution < -0.4 is 19.7 Å². The van der Waals surface area contributed by atoms with E-state index in [1.807, 2.05) is 13.8 Å². The van der Waals surface area contributed by atoms with Crippen LogP contribution in [-0.2, 0) is 20.9 Å². The number of nitrogens with zero attached hydrogens (tertiary/aromatic N) is 2. The lowest BCUT2D eigenvalue weighted by molar-refractivity contribution is -0.137. The fraction of sp³-hybridized carbons (Fsp3) is 0.317. The monoisotopic (exact) mass is 723 g/mol. The molecular weight excluding hydrogens is 684 g/mol. The minimum atomic E-state index is -1.09. The van der Waals surface area contributed by atoms with Crippen molar-refractivity contribution < 1.29 is 42.2 Å². The van der Waals surface area contributed by atoms with Gasteiger partial charge in [0.15, 0.2) is 11.5 Å². The summed E-state index contributed by atoms with van der Waals surface area (Å²) in [6.07, 6.45) is 1.87. The Hall–Kier alpha value is -5.78. The molecule has 7 rings (SSSR count). The molecule has 12 heteroatoms. The van der Waals surface area contributed by atoms with Crippen molar-refractivity contribution in [3.05, 3.63) is 125 Å². The minimum absolute atomic E-state index is 0.00684. The van der Waals surface area contributed by atoms with Crippen molar-refractivity contribution in [1.29, 1.82) is 0 Å². The molecule has 0 radical (unpaired) electrons. The summed E-state index contributed by atoms with van der Waals surface area (Å²) >= 11 is 0. The molecule has 1 N–H and O–H groups in total. The molecule has 1 fully saturated rings. The number of hydrogen-bond acceptors (Lipinski definition) is 7. The number of halogens is 2. The highest BCUT2D eigenvalue weighted by molar-refractivity contribution is 6.05. The summed E-state index contributed by atoms with van der Waals surface area (Å²) < 4.78 is 45.7. The molecule has 1 saturated carbocycles. The molecule has 0 unspecified atom stereocenters. The lowest BCUT2D eigenvalue weighted by Gasteiger charge is -2.37. The Balaban J connectivity index is 1.34. The fourth-order valence-electron chi connectivity index (χ4n) is 6.93. The zero-order valence-electron chi connectivity index (χ0n) is 29.3. The van der Waals surface area contributed by atoms with Gasteiger partial charge in [0.2, 0.25) is 18.6 Å². The number of ether oxygens (including phenoxy) is 3. The van der Waals surface area contributed by atoms with E-state index in [1.54, 1.807) is 59.5 Å². The Kier molecular flexibility index (Phi) is 10.1. The van der Waals surface area contributed by atoms with Gasteiger partial charge in [0, 0.05) is 29.7 Å². The van der Waals surface area contributed by atoms with Gasteiger partial charge in [0.05, 0.1) is 23.3 Å². The molecule has 53 heavy (non-hydrogen) atoms. The van der Waals surface area contributed by atoms with Crippen LogP contribution in [0.15, 0.2) is 91.0 Å². The number of carbonyl (C=O) groups is 4. The number of nitrogens with one attached hydrogen (secondary N) is 1. The molecule has 0 bridgehead atoms. The van der Waals surface area contributed by atoms with Gasteiger partial charge < -0.3 is 29.3 Å². The Morgan fingerprint density at radius 2 is 1.60 bits per heavy atom. The molecule has 4 aromatic carbocycles. The van der Waals surface area contributed by atoms with Gasteiger partial charge in [0.25, 0.3) is 5.91 Å². The van der Waals surface area contributed by atoms with E-state index in [9.17, 15) is 23.2 Å². The number of hydrogen-bond donors (Lipinski definition) is 1. The van der Waals surface area contributed by atoms with Crippen molar-refractivity contribution in [2.75, 3.05) is 18.3 Å². The zero-order valence-corrected chi connectivity index (χ0v) is 29.3. The summed E-state index contributed by atoms with van der Waals surface area (Å²) in [5.41, 5.74) is 1.94. The molecule has 0 saturated heterocycles. The van der Waals surface area contributed by atoms with Gasteiger partial charge in [-0.1, -0.05) is 50.6 Å². The van der Waals surface area contributed by atoms with E-state index in [2.05, 4.69) is 5.32 Å². The molecule has 4 atom stereocenters. The van der Waals surface area contributed by atoms with Gasteiger partial charge >= 0.3 is 5.97 Å². The molecule has 10 nitrogen and oxygen atoms in total. The molecule has 3 aliphatic rings. The summed E-state index contributed by atoms with van der Waals surface area (Å²) in [5.74, 6) is -2.72. The number of esters is 1. The number of fused-ring (bicyclic) bond motifs is 2. The van der Waals surface area contributed by atoms with Gasteiger partial charge in [-0.3, -0.25) is 14.4 Å². The van der Waals surface area contributed by atoms with Crippen molar-refractivity contribution >= 4 is 29.4 Å². The van der Waals surface area contributed by atoms with Crippen molar-refractivity contribution in [2.45, 2.75) is 57.8 Å². The van der Waals surface area contributed by atoms with Gasteiger partial charge in [-0.2, -0.15) is 0 Å². The van der Waals surface area contributed by atoms with E-state index in [-0.39, 0.29) is 43.3 Å². The smallest absolute Gasteiger partial charge is 0.338 e. The Morgan fingerprint density at radius 3 is 2.28 bits per heavy atom. The summed E-state index contributed by atoms with van der Waals surface area (Å²) in [7, 11) is 0. The lowest BCUT2D eigenvalue weighted by Crippen LogP contribution is -2.56. The first kappa shape index (κ1) is 35.6. The molecule has 0 spiro atoms. The van der Waals surface area contributed by atoms with Crippen LogP contribution in [0.3, 0.4) is 0 Å². The van der Waals surface area contributed by atoms with E-state index in [4.69, 9.17) is 14.2 Å². The molecule has 1 aliphatic carbocycles. The first-order chi connectivity index (χ1) is 25.6. The quantitative estimate of drug-likeness (QED) is 0.164. The van der Waals surface area contributed by atoms with Crippen molar-refractivity contribution in [1.82, 2.24) is 10.2 Å². The second-order valence-corrected chi connectivity index (χ2v) is 13.7. The largest absolute Gasteiger partial charge is 0.460 e. The van der Waals surface area contributed by atoms with Crippen LogP contribution in [0.5, 0.6) is 11.5 Å². The van der Waals surface area contributed by atoms with E-state index in [0.717, 1.165) is 0 Å². The molecule has 274 valence electrons. The van der Waals surface area contributed by atoms with Gasteiger partial charge in [-0.15, -0.1) is 0 Å². The number of carbonyl (C=O) groups excluding carboxylic acids is 4. The second kappa shape index (κ2) is 15.1. The molecule has 2 heterocycles. The third-order valence-electron chi connectivity index (χ3n) is 10.1. The van der Waals surface area contributed by atoms with Crippen LogP contribution in [0.2, 0.25) is 0 Å². The predicted octanol–water partition coefficient (Wildman–Crippen LogP) is 6.59. The van der Waals surface area contributed by atoms with Crippen LogP contribution >= 0.6 is 0 Å². The molecule has 2 aliphatic heterocycles. The van der Waals surface area contributed by atoms with Crippen molar-refractivity contribution in [2.24, 2.45) is 11.8 Å². The number of rotatable bonds is 12. The normalized spacial score (nSPS) is 18.2. The highest BCUT2D eigenvalue weighted by Crippen LogP contribution is 2.51. The number of anilines is 1. The summed E-state index contributed by atoms with van der Waals surface area (Å²) in [6, 6.07) is 19.8. The highest BCUT2D eigenvalue weighted by atomic mass is 19.1. The van der Waals surface area contributed by atoms with Crippen LogP contribution in [0.1, 0.15) is 71.0 Å². The van der Waals surface area contributed by atoms with Gasteiger partial charge in [-0.25, -0.2) is 13.6 Å². The maximum absolute atomic E-state index is 15.1. The van der Waals surface area contributed by atoms with Crippen LogP contribution in [-0.4, -0.2) is 54.1 Å². The number of benzene rings is 4. The average Bonchev–Trinajstić information content (AvgIpc) is 3.84. The lowest BCUT2D eigenvalue weighted by atomic mass is 9.96. The zero-order chi connectivity index (χ0) is 37.2. The molecule has 3 amide bonds. The maximum Gasteiger partial charge on any atom is 0.338 e. The van der Waals surface area contributed by atoms with Crippen LogP contribution in [0.4, 0.5) is 14.5 Å². The standard InChI is InChI=1S/C41H39F2N3O7/c1-3-24(2)36(44-38(47)26-14-16-29(42)17-15-26)40(49)46-32-20-35-34(52-23-53-35)19-31(32)37(33(46)22-51-41(50)28-9-5-4-6-10-28)45(39(48)27-12-13-27)21-25-8-7-11-30(43)18-25/h4-11,14-20,24,27,33,36-37H,3,12-13,21-23H2,1-2H3,(H,44,47)/t24-,33+,36-,37-/m0/s1. The van der Waals surface area contributed by atoms with Gasteiger partial charge in [0.1, 0.15) is 24.3 Å². The first-order valence-electron chi connectivity index (χ1n) is 17.7. The summed E-state index contributed by atoms with van der Waals surface area (Å²) in [5, 5.41) is 2.88. The van der Waals surface area contributed by atoms with E-state index in [0.29, 0.717) is 53.1 Å². The Labute approximate surface area is 305 Å². The van der Waals surface area contributed by atoms with Crippen molar-refractivity contribution in [3.8, 4) is 11.5 Å². The predicted molar refractivity (Wildman–Crippen MR) is 190 cm³/mol. The second-order valence-electron chi connectivity index (χ2n) is 13.7. The Bertz CT molecular complexity index is 2020. The fourth-order valence-corrected chi connectivity index (χ4v) is 6.93. The topological polar surface area (TPSA) is 114 Å². The van der Waals surface area contributed by atoms with Crippen LogP contribution in [0, 0.1) is 23.5 Å². The number of amides is 3. The Morgan fingerprint density at radius 1 is 0.887 bits per heavy atom. The first-order valence-corrected chi connectivity index (χ1v) is 17.7. The van der Waals surface area contributed by atoms with E-state index in [1.165, 1.54) is 41.3 Å². The third kappa shape index (κ3) is 7.44. The molecule has 4 aromatic rings. The van der Waals surface area contributed by atoms with Crippen LogP contribution in [0.25, 0.3) is 0 Å². The average molecular weight is 724 g/mol. The van der Waals surface area contributed by atoms with E-state index < -0.39 is 47.5 Å². The molecular formula is C41H39F2N3O7.